The van der Waals surface area contributed by atoms with Crippen LogP contribution in [0.25, 0.3) is 11.3 Å². The van der Waals surface area contributed by atoms with Crippen molar-refractivity contribution in [1.29, 1.82) is 0 Å². The lowest BCUT2D eigenvalue weighted by Crippen LogP contribution is -2.11. The van der Waals surface area contributed by atoms with Crippen LogP contribution in [-0.4, -0.2) is 30.3 Å². The molecule has 138 valence electrons. The van der Waals surface area contributed by atoms with E-state index in [-0.39, 0.29) is 16.7 Å². The summed E-state index contributed by atoms with van der Waals surface area (Å²) in [5.74, 6) is -0.290. The first kappa shape index (κ1) is 19.0. The Morgan fingerprint density at radius 3 is 2.37 bits per heavy atom. The van der Waals surface area contributed by atoms with E-state index in [4.69, 9.17) is 11.6 Å². The maximum absolute atomic E-state index is 12.2. The second-order valence-corrected chi connectivity index (χ2v) is 8.36. The van der Waals surface area contributed by atoms with Crippen molar-refractivity contribution in [3.8, 4) is 11.3 Å². The van der Waals surface area contributed by atoms with Crippen LogP contribution in [0.2, 0.25) is 5.02 Å². The number of hydrogen-bond donors (Lipinski definition) is 1. The molecular weight excluding hydrogens is 386 g/mol. The average Bonchev–Trinajstić information content (AvgIpc) is 2.68. The third-order valence-electron chi connectivity index (χ3n) is 3.86. The number of sulfone groups is 1. The molecule has 0 radical (unpaired) electrons. The fourth-order valence-corrected chi connectivity index (χ4v) is 3.27. The molecule has 0 spiro atoms. The molecule has 0 fully saturated rings. The fraction of sp³-hybridized carbons (Fsp3) is 0.105. The van der Waals surface area contributed by atoms with E-state index in [9.17, 15) is 13.2 Å². The monoisotopic (exact) mass is 401 g/mol. The minimum absolute atomic E-state index is 0.0257. The SMILES string of the molecule is CCS(=O)(=O)c1ccc(-c2ccc(NC(=O)c3cccc(Cl)c3)cc2)nn1. The maximum Gasteiger partial charge on any atom is 0.255 e. The third kappa shape index (κ3) is 4.50. The molecule has 8 heteroatoms. The highest BCUT2D eigenvalue weighted by Gasteiger charge is 2.14. The van der Waals surface area contributed by atoms with Gasteiger partial charge in [-0.05, 0) is 42.5 Å². The molecule has 0 aliphatic carbocycles. The number of halogens is 1. The molecule has 0 bridgehead atoms. The first-order valence-corrected chi connectivity index (χ1v) is 10.2. The van der Waals surface area contributed by atoms with Crippen molar-refractivity contribution in [3.63, 3.8) is 0 Å². The van der Waals surface area contributed by atoms with Crippen molar-refractivity contribution < 1.29 is 13.2 Å². The number of amides is 1. The van der Waals surface area contributed by atoms with E-state index in [0.29, 0.717) is 22.0 Å². The normalized spacial score (nSPS) is 11.2. The van der Waals surface area contributed by atoms with Gasteiger partial charge in [0, 0.05) is 21.8 Å². The largest absolute Gasteiger partial charge is 0.322 e. The van der Waals surface area contributed by atoms with Gasteiger partial charge in [-0.3, -0.25) is 4.79 Å². The first-order valence-electron chi connectivity index (χ1n) is 8.13. The van der Waals surface area contributed by atoms with Crippen molar-refractivity contribution in [1.82, 2.24) is 10.2 Å². The summed E-state index contributed by atoms with van der Waals surface area (Å²) in [7, 11) is -3.38. The second kappa shape index (κ2) is 7.85. The van der Waals surface area contributed by atoms with Crippen LogP contribution in [0.3, 0.4) is 0 Å². The summed E-state index contributed by atoms with van der Waals surface area (Å²) >= 11 is 5.90. The quantitative estimate of drug-likeness (QED) is 0.701. The van der Waals surface area contributed by atoms with Crippen molar-refractivity contribution in [3.05, 3.63) is 71.2 Å². The van der Waals surface area contributed by atoms with Gasteiger partial charge in [0.05, 0.1) is 11.4 Å². The minimum atomic E-state index is -3.38. The van der Waals surface area contributed by atoms with Crippen LogP contribution in [0.5, 0.6) is 0 Å². The van der Waals surface area contributed by atoms with Gasteiger partial charge in [-0.15, -0.1) is 10.2 Å². The predicted molar refractivity (Wildman–Crippen MR) is 105 cm³/mol. The molecule has 3 aromatic rings. The second-order valence-electron chi connectivity index (χ2n) is 5.70. The van der Waals surface area contributed by atoms with E-state index < -0.39 is 9.84 Å². The Morgan fingerprint density at radius 2 is 1.78 bits per heavy atom. The molecule has 1 heterocycles. The molecule has 0 unspecified atom stereocenters. The highest BCUT2D eigenvalue weighted by atomic mass is 35.5. The van der Waals surface area contributed by atoms with Crippen LogP contribution in [0.1, 0.15) is 17.3 Å². The Kier molecular flexibility index (Phi) is 5.53. The number of rotatable bonds is 5. The summed E-state index contributed by atoms with van der Waals surface area (Å²) in [6, 6.07) is 16.7. The van der Waals surface area contributed by atoms with E-state index in [1.54, 1.807) is 61.5 Å². The third-order valence-corrected chi connectivity index (χ3v) is 5.71. The number of nitrogens with one attached hydrogen (secondary N) is 1. The van der Waals surface area contributed by atoms with Gasteiger partial charge in [0.25, 0.3) is 5.91 Å². The van der Waals surface area contributed by atoms with Gasteiger partial charge in [-0.25, -0.2) is 8.42 Å². The minimum Gasteiger partial charge on any atom is -0.322 e. The molecular formula is C19H16ClN3O3S. The molecule has 1 aromatic heterocycles. The van der Waals surface area contributed by atoms with Crippen LogP contribution in [-0.2, 0) is 9.84 Å². The van der Waals surface area contributed by atoms with E-state index >= 15 is 0 Å². The summed E-state index contributed by atoms with van der Waals surface area (Å²) in [6.45, 7) is 1.56. The topological polar surface area (TPSA) is 89.0 Å². The zero-order chi connectivity index (χ0) is 19.4. The number of carbonyl (C=O) groups excluding carboxylic acids is 1. The predicted octanol–water partition coefficient (Wildman–Crippen LogP) is 3.84. The van der Waals surface area contributed by atoms with Gasteiger partial charge >= 0.3 is 0 Å². The summed E-state index contributed by atoms with van der Waals surface area (Å²) in [6.07, 6.45) is 0. The molecule has 6 nitrogen and oxygen atoms in total. The summed E-state index contributed by atoms with van der Waals surface area (Å²) in [4.78, 5) is 12.2. The smallest absolute Gasteiger partial charge is 0.255 e. The summed E-state index contributed by atoms with van der Waals surface area (Å²) in [5, 5.41) is 11.0. The number of benzene rings is 2. The van der Waals surface area contributed by atoms with Crippen molar-refractivity contribution in [2.45, 2.75) is 11.9 Å². The van der Waals surface area contributed by atoms with Crippen LogP contribution >= 0.6 is 11.6 Å². The summed E-state index contributed by atoms with van der Waals surface area (Å²) in [5.41, 5.74) is 2.37. The van der Waals surface area contributed by atoms with E-state index in [1.165, 1.54) is 6.07 Å². The number of aromatic nitrogens is 2. The van der Waals surface area contributed by atoms with Gasteiger partial charge < -0.3 is 5.32 Å². The molecule has 1 N–H and O–H groups in total. The Balaban J connectivity index is 1.74. The standard InChI is InChI=1S/C19H16ClN3O3S/c1-2-27(25,26)18-11-10-17(22-23-18)13-6-8-16(9-7-13)21-19(24)14-4-3-5-15(20)12-14/h3-12H,2H2,1H3,(H,21,24). The lowest BCUT2D eigenvalue weighted by atomic mass is 10.1. The van der Waals surface area contributed by atoms with Gasteiger partial charge in [0.1, 0.15) is 0 Å². The first-order chi connectivity index (χ1) is 12.9. The fourth-order valence-electron chi connectivity index (χ4n) is 2.35. The zero-order valence-corrected chi connectivity index (χ0v) is 16.0. The lowest BCUT2D eigenvalue weighted by Gasteiger charge is -2.07. The molecule has 0 aliphatic rings. The van der Waals surface area contributed by atoms with Gasteiger partial charge in [0.15, 0.2) is 14.9 Å². The lowest BCUT2D eigenvalue weighted by molar-refractivity contribution is 0.102. The highest BCUT2D eigenvalue weighted by molar-refractivity contribution is 7.91. The molecule has 27 heavy (non-hydrogen) atoms. The van der Waals surface area contributed by atoms with E-state index in [0.717, 1.165) is 5.56 Å². The van der Waals surface area contributed by atoms with Gasteiger partial charge in [-0.2, -0.15) is 0 Å². The molecule has 2 aromatic carbocycles. The van der Waals surface area contributed by atoms with E-state index in [2.05, 4.69) is 15.5 Å². The van der Waals surface area contributed by atoms with Crippen LogP contribution in [0.4, 0.5) is 5.69 Å². The number of hydrogen-bond acceptors (Lipinski definition) is 5. The number of anilines is 1. The van der Waals surface area contributed by atoms with Crippen molar-refractivity contribution in [2.75, 3.05) is 11.1 Å². The maximum atomic E-state index is 12.2. The van der Waals surface area contributed by atoms with Crippen molar-refractivity contribution >= 4 is 33.0 Å². The Labute approximate surface area is 162 Å². The number of nitrogens with zero attached hydrogens (tertiary/aromatic N) is 2. The Hall–Kier alpha value is -2.77. The molecule has 0 saturated carbocycles. The molecule has 3 rings (SSSR count). The highest BCUT2D eigenvalue weighted by Crippen LogP contribution is 2.21. The Bertz CT molecular complexity index is 1070. The molecule has 0 aliphatic heterocycles. The molecule has 0 atom stereocenters. The van der Waals surface area contributed by atoms with Crippen LogP contribution in [0.15, 0.2) is 65.7 Å². The van der Waals surface area contributed by atoms with Crippen molar-refractivity contribution in [2.24, 2.45) is 0 Å². The zero-order valence-electron chi connectivity index (χ0n) is 14.4. The van der Waals surface area contributed by atoms with E-state index in [1.807, 2.05) is 0 Å². The van der Waals surface area contributed by atoms with Gasteiger partial charge in [0.2, 0.25) is 0 Å². The Morgan fingerprint density at radius 1 is 1.04 bits per heavy atom. The van der Waals surface area contributed by atoms with Gasteiger partial charge in [-0.1, -0.05) is 36.7 Å². The molecule has 0 saturated heterocycles. The van der Waals surface area contributed by atoms with Crippen LogP contribution < -0.4 is 5.32 Å². The van der Waals surface area contributed by atoms with Crippen LogP contribution in [0, 0.1) is 0 Å². The molecule has 1 amide bonds. The number of carbonyl (C=O) groups is 1. The summed E-state index contributed by atoms with van der Waals surface area (Å²) < 4.78 is 23.6. The average molecular weight is 402 g/mol.